The van der Waals surface area contributed by atoms with Gasteiger partial charge in [-0.2, -0.15) is 0 Å². The van der Waals surface area contributed by atoms with Crippen LogP contribution in [0.2, 0.25) is 0 Å². The van der Waals surface area contributed by atoms with E-state index in [9.17, 15) is 4.79 Å². The van der Waals surface area contributed by atoms with Crippen LogP contribution < -0.4 is 19.7 Å². The average molecular weight is 357 g/mol. The quantitative estimate of drug-likeness (QED) is 0.875. The molecule has 1 fully saturated rings. The van der Waals surface area contributed by atoms with Gasteiger partial charge in [0.2, 0.25) is 5.91 Å². The predicted octanol–water partition coefficient (Wildman–Crippen LogP) is 1.91. The summed E-state index contributed by atoms with van der Waals surface area (Å²) in [5, 5.41) is 3.26. The number of methoxy groups -OCH3 is 2. The number of piperazine rings is 1. The Morgan fingerprint density at radius 3 is 2.50 bits per heavy atom. The first-order chi connectivity index (χ1) is 12.6. The zero-order valence-corrected chi connectivity index (χ0v) is 15.2. The normalized spacial score (nSPS) is 14.1. The molecule has 0 saturated carbocycles. The fourth-order valence-electron chi connectivity index (χ4n) is 2.88. The van der Waals surface area contributed by atoms with Crippen LogP contribution in [-0.2, 0) is 4.79 Å². The maximum Gasteiger partial charge on any atom is 0.219 e. The standard InChI is InChI=1S/C18H23N5O3/c1-13(24)22-6-8-23(9-7-22)18-11-17(19-12-20-18)21-15-5-4-14(25-2)10-16(15)26-3/h4-5,10-12H,6-9H2,1-3H3,(H,19,20,21). The lowest BCUT2D eigenvalue weighted by Gasteiger charge is -2.34. The Balaban J connectivity index is 1.73. The van der Waals surface area contributed by atoms with Crippen LogP contribution in [0.3, 0.4) is 0 Å². The average Bonchev–Trinajstić information content (AvgIpc) is 2.68. The van der Waals surface area contributed by atoms with Gasteiger partial charge in [-0.25, -0.2) is 9.97 Å². The van der Waals surface area contributed by atoms with Crippen LogP contribution in [0, 0.1) is 0 Å². The molecule has 8 nitrogen and oxygen atoms in total. The Morgan fingerprint density at radius 2 is 1.85 bits per heavy atom. The molecule has 138 valence electrons. The van der Waals surface area contributed by atoms with Gasteiger partial charge in [-0.05, 0) is 12.1 Å². The molecular formula is C18H23N5O3. The Kier molecular flexibility index (Phi) is 5.40. The number of ether oxygens (including phenoxy) is 2. The highest BCUT2D eigenvalue weighted by Gasteiger charge is 2.20. The third kappa shape index (κ3) is 3.96. The summed E-state index contributed by atoms with van der Waals surface area (Å²) in [7, 11) is 3.23. The molecule has 1 N–H and O–H groups in total. The summed E-state index contributed by atoms with van der Waals surface area (Å²) in [4.78, 5) is 24.1. The van der Waals surface area contributed by atoms with Gasteiger partial charge in [0.15, 0.2) is 0 Å². The number of amides is 1. The number of benzene rings is 1. The summed E-state index contributed by atoms with van der Waals surface area (Å²) in [5.41, 5.74) is 0.791. The van der Waals surface area contributed by atoms with Crippen molar-refractivity contribution in [2.45, 2.75) is 6.92 Å². The molecule has 8 heteroatoms. The maximum absolute atomic E-state index is 11.5. The summed E-state index contributed by atoms with van der Waals surface area (Å²) in [5.74, 6) is 3.01. The first-order valence-electron chi connectivity index (χ1n) is 8.42. The van der Waals surface area contributed by atoms with E-state index in [0.29, 0.717) is 24.7 Å². The van der Waals surface area contributed by atoms with Gasteiger partial charge in [0.05, 0.1) is 19.9 Å². The van der Waals surface area contributed by atoms with Gasteiger partial charge >= 0.3 is 0 Å². The molecule has 1 amide bonds. The number of nitrogens with zero attached hydrogens (tertiary/aromatic N) is 4. The van der Waals surface area contributed by atoms with Crippen LogP contribution in [0.25, 0.3) is 0 Å². The van der Waals surface area contributed by atoms with Crippen molar-refractivity contribution in [3.05, 3.63) is 30.6 Å². The minimum Gasteiger partial charge on any atom is -0.497 e. The van der Waals surface area contributed by atoms with Crippen LogP contribution in [-0.4, -0.2) is 61.2 Å². The molecule has 0 aliphatic carbocycles. The van der Waals surface area contributed by atoms with E-state index >= 15 is 0 Å². The van der Waals surface area contributed by atoms with Gasteiger partial charge in [0, 0.05) is 45.2 Å². The molecule has 1 saturated heterocycles. The van der Waals surface area contributed by atoms with E-state index < -0.39 is 0 Å². The maximum atomic E-state index is 11.5. The molecule has 1 aromatic carbocycles. The van der Waals surface area contributed by atoms with Crippen molar-refractivity contribution in [3.8, 4) is 11.5 Å². The molecule has 0 atom stereocenters. The van der Waals surface area contributed by atoms with Crippen molar-refractivity contribution in [3.63, 3.8) is 0 Å². The van der Waals surface area contributed by atoms with Gasteiger partial charge in [0.25, 0.3) is 0 Å². The van der Waals surface area contributed by atoms with E-state index in [1.54, 1.807) is 21.1 Å². The molecule has 26 heavy (non-hydrogen) atoms. The number of nitrogens with one attached hydrogen (secondary N) is 1. The number of anilines is 3. The third-order valence-corrected chi connectivity index (χ3v) is 4.37. The number of hydrogen-bond donors (Lipinski definition) is 1. The zero-order valence-electron chi connectivity index (χ0n) is 15.2. The van der Waals surface area contributed by atoms with Gasteiger partial charge in [-0.1, -0.05) is 0 Å². The summed E-state index contributed by atoms with van der Waals surface area (Å²) < 4.78 is 10.6. The van der Waals surface area contributed by atoms with Gasteiger partial charge in [-0.15, -0.1) is 0 Å². The van der Waals surface area contributed by atoms with E-state index in [1.165, 1.54) is 6.33 Å². The van der Waals surface area contributed by atoms with Crippen molar-refractivity contribution in [1.29, 1.82) is 0 Å². The molecular weight excluding hydrogens is 334 g/mol. The minimum atomic E-state index is 0.112. The first-order valence-corrected chi connectivity index (χ1v) is 8.42. The lowest BCUT2D eigenvalue weighted by molar-refractivity contribution is -0.129. The third-order valence-electron chi connectivity index (χ3n) is 4.37. The SMILES string of the molecule is COc1ccc(Nc2cc(N3CCN(C(C)=O)CC3)ncn2)c(OC)c1. The number of carbonyl (C=O) groups excluding carboxylic acids is 1. The van der Waals surface area contributed by atoms with Crippen molar-refractivity contribution in [2.24, 2.45) is 0 Å². The predicted molar refractivity (Wildman–Crippen MR) is 99.3 cm³/mol. The first kappa shape index (κ1) is 17.8. The number of hydrogen-bond acceptors (Lipinski definition) is 7. The number of carbonyl (C=O) groups is 1. The Hall–Kier alpha value is -3.03. The van der Waals surface area contributed by atoms with Crippen molar-refractivity contribution < 1.29 is 14.3 Å². The van der Waals surface area contributed by atoms with Crippen LogP contribution in [0.4, 0.5) is 17.3 Å². The topological polar surface area (TPSA) is 79.8 Å². The lowest BCUT2D eigenvalue weighted by Crippen LogP contribution is -2.48. The van der Waals surface area contributed by atoms with E-state index in [-0.39, 0.29) is 5.91 Å². The van der Waals surface area contributed by atoms with Crippen LogP contribution in [0.1, 0.15) is 6.92 Å². The van der Waals surface area contributed by atoms with Crippen molar-refractivity contribution in [2.75, 3.05) is 50.6 Å². The highest BCUT2D eigenvalue weighted by Crippen LogP contribution is 2.31. The second kappa shape index (κ2) is 7.90. The van der Waals surface area contributed by atoms with Crippen LogP contribution >= 0.6 is 0 Å². The van der Waals surface area contributed by atoms with Gasteiger partial charge in [-0.3, -0.25) is 4.79 Å². The number of rotatable bonds is 5. The van der Waals surface area contributed by atoms with Crippen LogP contribution in [0.5, 0.6) is 11.5 Å². The van der Waals surface area contributed by atoms with Crippen molar-refractivity contribution >= 4 is 23.2 Å². The Labute approximate surface area is 152 Å². The highest BCUT2D eigenvalue weighted by atomic mass is 16.5. The minimum absolute atomic E-state index is 0.112. The molecule has 1 aliphatic rings. The molecule has 1 aromatic heterocycles. The molecule has 0 spiro atoms. The highest BCUT2D eigenvalue weighted by molar-refractivity contribution is 5.73. The fraction of sp³-hybridized carbons (Fsp3) is 0.389. The molecule has 0 radical (unpaired) electrons. The smallest absolute Gasteiger partial charge is 0.219 e. The second-order valence-electron chi connectivity index (χ2n) is 5.95. The molecule has 0 unspecified atom stereocenters. The van der Waals surface area contributed by atoms with E-state index in [0.717, 1.165) is 30.3 Å². The molecule has 2 heterocycles. The summed E-state index contributed by atoms with van der Waals surface area (Å²) in [6.45, 7) is 4.51. The molecule has 1 aliphatic heterocycles. The van der Waals surface area contributed by atoms with E-state index in [1.807, 2.05) is 29.2 Å². The number of aromatic nitrogens is 2. The monoisotopic (exact) mass is 357 g/mol. The van der Waals surface area contributed by atoms with Crippen molar-refractivity contribution in [1.82, 2.24) is 14.9 Å². The van der Waals surface area contributed by atoms with E-state index in [2.05, 4.69) is 20.2 Å². The summed E-state index contributed by atoms with van der Waals surface area (Å²) in [6, 6.07) is 7.44. The second-order valence-corrected chi connectivity index (χ2v) is 5.95. The Bertz CT molecular complexity index is 775. The molecule has 3 rings (SSSR count). The van der Waals surface area contributed by atoms with Crippen LogP contribution in [0.15, 0.2) is 30.6 Å². The Morgan fingerprint density at radius 1 is 1.08 bits per heavy atom. The molecule has 2 aromatic rings. The molecule has 0 bridgehead atoms. The lowest BCUT2D eigenvalue weighted by atomic mass is 10.2. The van der Waals surface area contributed by atoms with Gasteiger partial charge < -0.3 is 24.6 Å². The van der Waals surface area contributed by atoms with Gasteiger partial charge in [0.1, 0.15) is 29.5 Å². The van der Waals surface area contributed by atoms with E-state index in [4.69, 9.17) is 9.47 Å². The summed E-state index contributed by atoms with van der Waals surface area (Å²) in [6.07, 6.45) is 1.53. The largest absolute Gasteiger partial charge is 0.497 e. The zero-order chi connectivity index (χ0) is 18.5. The summed E-state index contributed by atoms with van der Waals surface area (Å²) >= 11 is 0. The fourth-order valence-corrected chi connectivity index (χ4v) is 2.88.